The Kier molecular flexibility index (Phi) is 7.33. The van der Waals surface area contributed by atoms with Crippen LogP contribution in [0.2, 0.25) is 5.02 Å². The molecule has 0 bridgehead atoms. The normalized spacial score (nSPS) is 13.8. The second-order valence-corrected chi connectivity index (χ2v) is 11.4. The summed E-state index contributed by atoms with van der Waals surface area (Å²) in [6, 6.07) is 11.1. The van der Waals surface area contributed by atoms with E-state index in [0.29, 0.717) is 22.7 Å². The highest BCUT2D eigenvalue weighted by atomic mass is 35.5. The minimum absolute atomic E-state index is 0.0690. The van der Waals surface area contributed by atoms with Gasteiger partial charge in [0.2, 0.25) is 5.78 Å². The number of nitrogens with zero attached hydrogens (tertiary/aromatic N) is 5. The zero-order valence-corrected chi connectivity index (χ0v) is 23.3. The van der Waals surface area contributed by atoms with Crippen molar-refractivity contribution in [1.29, 1.82) is 0 Å². The van der Waals surface area contributed by atoms with Gasteiger partial charge in [0.25, 0.3) is 0 Å². The lowest BCUT2D eigenvalue weighted by Crippen LogP contribution is -2.13. The highest BCUT2D eigenvalue weighted by Gasteiger charge is 2.37. The maximum absolute atomic E-state index is 13.7. The predicted octanol–water partition coefficient (Wildman–Crippen LogP) is 8.31. The van der Waals surface area contributed by atoms with Gasteiger partial charge in [-0.2, -0.15) is 26.3 Å². The maximum Gasteiger partial charge on any atom is 0.416 e. The minimum atomic E-state index is -5.01. The first-order valence-corrected chi connectivity index (χ1v) is 14.0. The Bertz CT molecular complexity index is 1800. The zero-order valence-electron chi connectivity index (χ0n) is 21.7. The zero-order chi connectivity index (χ0) is 30.5. The smallest absolute Gasteiger partial charge is 0.288 e. The first kappa shape index (κ1) is 29.0. The van der Waals surface area contributed by atoms with E-state index in [0.717, 1.165) is 12.8 Å². The average molecular weight is 634 g/mol. The van der Waals surface area contributed by atoms with E-state index < -0.39 is 35.8 Å². The van der Waals surface area contributed by atoms with Crippen molar-refractivity contribution >= 4 is 28.7 Å². The first-order valence-electron chi connectivity index (χ1n) is 12.8. The summed E-state index contributed by atoms with van der Waals surface area (Å²) >= 11 is 7.52. The number of benzene rings is 2. The minimum Gasteiger partial charge on any atom is -0.288 e. The van der Waals surface area contributed by atoms with Gasteiger partial charge in [-0.3, -0.25) is 9.78 Å². The quantitative estimate of drug-likeness (QED) is 0.133. The number of rotatable bonds is 7. The lowest BCUT2D eigenvalue weighted by molar-refractivity contribution is -0.143. The van der Waals surface area contributed by atoms with Crippen LogP contribution in [0.4, 0.5) is 26.3 Å². The molecule has 0 saturated heterocycles. The number of alkyl halides is 6. The van der Waals surface area contributed by atoms with Crippen molar-refractivity contribution in [2.24, 2.45) is 0 Å². The van der Waals surface area contributed by atoms with Gasteiger partial charge in [0, 0.05) is 29.4 Å². The van der Waals surface area contributed by atoms with Crippen LogP contribution in [-0.2, 0) is 18.9 Å². The summed E-state index contributed by atoms with van der Waals surface area (Å²) in [5.74, 6) is -0.233. The highest BCUT2D eigenvalue weighted by Crippen LogP contribution is 2.46. The molecule has 0 amide bonds. The molecule has 0 N–H and O–H groups in total. The number of hydrogen-bond donors (Lipinski definition) is 0. The van der Waals surface area contributed by atoms with Crippen LogP contribution >= 0.6 is 22.9 Å². The largest absolute Gasteiger partial charge is 0.416 e. The predicted molar refractivity (Wildman–Crippen MR) is 147 cm³/mol. The van der Waals surface area contributed by atoms with E-state index in [2.05, 4.69) is 15.3 Å². The molecule has 0 atom stereocenters. The fourth-order valence-corrected chi connectivity index (χ4v) is 5.99. The second kappa shape index (κ2) is 10.9. The van der Waals surface area contributed by atoms with Crippen molar-refractivity contribution in [2.45, 2.75) is 37.7 Å². The number of aromatic nitrogens is 5. The third-order valence-electron chi connectivity index (χ3n) is 6.77. The lowest BCUT2D eigenvalue weighted by atomic mass is 10.0. The molecule has 3 heterocycles. The van der Waals surface area contributed by atoms with Gasteiger partial charge in [0.15, 0.2) is 0 Å². The molecule has 0 spiro atoms. The van der Waals surface area contributed by atoms with Crippen LogP contribution < -0.4 is 0 Å². The Labute approximate surface area is 249 Å². The maximum atomic E-state index is 13.7. The van der Waals surface area contributed by atoms with Crippen LogP contribution in [0, 0.1) is 0 Å². The Morgan fingerprint density at radius 1 is 0.953 bits per heavy atom. The molecular weight excluding hydrogens is 616 g/mol. The molecule has 220 valence electrons. The van der Waals surface area contributed by atoms with Crippen molar-refractivity contribution in [3.05, 3.63) is 104 Å². The molecule has 5 aromatic rings. The molecule has 0 unspecified atom stereocenters. The van der Waals surface area contributed by atoms with E-state index in [1.165, 1.54) is 28.4 Å². The van der Waals surface area contributed by atoms with Crippen molar-refractivity contribution in [3.63, 3.8) is 0 Å². The molecule has 6 rings (SSSR count). The standard InChI is InChI=1S/C29H18ClF6N5OS/c30-21-6-2-1-5-20(21)25(42)26-23(38-27(43-26)16-7-8-16)22-24(17-4-3-9-37-13-17)41(40-39-22)14-15-10-18(28(31,32)33)12-19(11-15)29(34,35)36/h1-6,9-13,16H,7-8,14H2. The van der Waals surface area contributed by atoms with E-state index >= 15 is 0 Å². The van der Waals surface area contributed by atoms with Gasteiger partial charge in [-0.1, -0.05) is 28.9 Å². The fourth-order valence-electron chi connectivity index (χ4n) is 4.58. The summed E-state index contributed by atoms with van der Waals surface area (Å²) in [5.41, 5.74) is -1.97. The van der Waals surface area contributed by atoms with Crippen LogP contribution in [0.3, 0.4) is 0 Å². The number of halogens is 7. The number of carbonyl (C=O) groups excluding carboxylic acids is 1. The van der Waals surface area contributed by atoms with Gasteiger partial charge in [0.05, 0.1) is 27.7 Å². The van der Waals surface area contributed by atoms with E-state index in [-0.39, 0.29) is 50.1 Å². The van der Waals surface area contributed by atoms with Crippen LogP contribution in [0.15, 0.2) is 67.0 Å². The molecule has 0 aliphatic heterocycles. The average Bonchev–Trinajstić information content (AvgIpc) is 3.59. The van der Waals surface area contributed by atoms with Gasteiger partial charge < -0.3 is 0 Å². The number of hydrogen-bond acceptors (Lipinski definition) is 6. The summed E-state index contributed by atoms with van der Waals surface area (Å²) in [5, 5.41) is 9.32. The van der Waals surface area contributed by atoms with Gasteiger partial charge in [-0.15, -0.1) is 16.4 Å². The van der Waals surface area contributed by atoms with Crippen molar-refractivity contribution in [3.8, 4) is 22.6 Å². The van der Waals surface area contributed by atoms with Gasteiger partial charge >= 0.3 is 12.4 Å². The molecule has 3 aromatic heterocycles. The summed E-state index contributed by atoms with van der Waals surface area (Å²) in [7, 11) is 0. The van der Waals surface area contributed by atoms with Gasteiger partial charge in [-0.05, 0) is 60.9 Å². The number of pyridine rings is 1. The number of carbonyl (C=O) groups is 1. The second-order valence-electron chi connectivity index (χ2n) is 9.91. The van der Waals surface area contributed by atoms with Crippen molar-refractivity contribution < 1.29 is 31.1 Å². The Morgan fingerprint density at radius 3 is 2.26 bits per heavy atom. The van der Waals surface area contributed by atoms with E-state index in [4.69, 9.17) is 16.6 Å². The van der Waals surface area contributed by atoms with E-state index in [1.54, 1.807) is 36.4 Å². The molecule has 0 radical (unpaired) electrons. The monoisotopic (exact) mass is 633 g/mol. The van der Waals surface area contributed by atoms with E-state index in [1.807, 2.05) is 0 Å². The molecule has 1 saturated carbocycles. The molecule has 1 fully saturated rings. The van der Waals surface area contributed by atoms with Crippen LogP contribution in [0.1, 0.15) is 55.7 Å². The number of ketones is 1. The summed E-state index contributed by atoms with van der Waals surface area (Å²) in [6.07, 6.45) is -5.28. The number of thiazole rings is 1. The van der Waals surface area contributed by atoms with Gasteiger partial charge in [0.1, 0.15) is 22.0 Å². The molecule has 2 aromatic carbocycles. The van der Waals surface area contributed by atoms with Crippen molar-refractivity contribution in [2.75, 3.05) is 0 Å². The highest BCUT2D eigenvalue weighted by molar-refractivity contribution is 7.14. The lowest BCUT2D eigenvalue weighted by Gasteiger charge is -2.15. The molecule has 1 aliphatic rings. The van der Waals surface area contributed by atoms with Gasteiger partial charge in [-0.25, -0.2) is 9.67 Å². The first-order chi connectivity index (χ1) is 20.4. The van der Waals surface area contributed by atoms with Crippen LogP contribution in [0.5, 0.6) is 0 Å². The summed E-state index contributed by atoms with van der Waals surface area (Å²) < 4.78 is 82.5. The molecule has 43 heavy (non-hydrogen) atoms. The Morgan fingerprint density at radius 2 is 1.65 bits per heavy atom. The molecule has 6 nitrogen and oxygen atoms in total. The third-order valence-corrected chi connectivity index (χ3v) is 8.32. The molecular formula is C29H18ClF6N5OS. The van der Waals surface area contributed by atoms with Crippen LogP contribution in [-0.4, -0.2) is 30.7 Å². The van der Waals surface area contributed by atoms with E-state index in [9.17, 15) is 31.1 Å². The SMILES string of the molecule is O=C(c1ccccc1Cl)c1sc(C2CC2)nc1-c1nnn(Cc2cc(C(F)(F)F)cc(C(F)(F)F)c2)c1-c1cccnc1. The fraction of sp³-hybridized carbons (Fsp3) is 0.207. The summed E-state index contributed by atoms with van der Waals surface area (Å²) in [4.78, 5) is 22.8. The molecule has 14 heteroatoms. The van der Waals surface area contributed by atoms with Crippen molar-refractivity contribution in [1.82, 2.24) is 25.0 Å². The Balaban J connectivity index is 1.51. The topological polar surface area (TPSA) is 73.6 Å². The van der Waals surface area contributed by atoms with Crippen LogP contribution in [0.25, 0.3) is 22.6 Å². The Hall–Kier alpha value is -4.10. The summed E-state index contributed by atoms with van der Waals surface area (Å²) in [6.45, 7) is -0.488. The molecule has 1 aliphatic carbocycles. The third kappa shape index (κ3) is 5.91.